The van der Waals surface area contributed by atoms with Crippen LogP contribution in [0.2, 0.25) is 10.0 Å². The molecule has 0 heterocycles. The summed E-state index contributed by atoms with van der Waals surface area (Å²) >= 11 is 11.7. The summed E-state index contributed by atoms with van der Waals surface area (Å²) in [6.07, 6.45) is 0. The lowest BCUT2D eigenvalue weighted by molar-refractivity contribution is -0.123. The maximum Gasteiger partial charge on any atom is 0.264 e. The molecule has 0 aliphatic heterocycles. The summed E-state index contributed by atoms with van der Waals surface area (Å²) < 4.78 is 32.1. The van der Waals surface area contributed by atoms with Gasteiger partial charge in [0, 0.05) is 23.6 Å². The first-order chi connectivity index (χ1) is 14.8. The van der Waals surface area contributed by atoms with Crippen LogP contribution >= 0.6 is 23.2 Å². The third-order valence-electron chi connectivity index (χ3n) is 4.45. The van der Waals surface area contributed by atoms with Crippen LogP contribution in [0.25, 0.3) is 0 Å². The molecule has 0 fully saturated rings. The van der Waals surface area contributed by atoms with Gasteiger partial charge in [-0.1, -0.05) is 35.3 Å². The molecule has 0 unspecified atom stereocenters. The van der Waals surface area contributed by atoms with Crippen LogP contribution in [0, 0.1) is 0 Å². The zero-order valence-corrected chi connectivity index (χ0v) is 18.9. The number of nitrogens with zero attached hydrogens (tertiary/aromatic N) is 1. The fraction of sp³-hybridized carbons (Fsp3) is 0.136. The van der Waals surface area contributed by atoms with Crippen LogP contribution in [-0.4, -0.2) is 28.0 Å². The molecule has 0 spiro atoms. The summed E-state index contributed by atoms with van der Waals surface area (Å²) in [7, 11) is -2.26. The second kappa shape index (κ2) is 10.0. The fourth-order valence-corrected chi connectivity index (χ4v) is 4.11. The van der Waals surface area contributed by atoms with E-state index >= 15 is 0 Å². The Morgan fingerprint density at radius 1 is 0.903 bits per heavy atom. The largest absolute Gasteiger partial charge is 0.484 e. The van der Waals surface area contributed by atoms with Crippen molar-refractivity contribution in [2.75, 3.05) is 18.0 Å². The maximum absolute atomic E-state index is 12.7. The molecule has 0 saturated heterocycles. The average molecular weight is 479 g/mol. The number of nitrogens with one attached hydrogen (secondary N) is 1. The summed E-state index contributed by atoms with van der Waals surface area (Å²) in [4.78, 5) is 12.1. The van der Waals surface area contributed by atoms with Crippen molar-refractivity contribution in [1.82, 2.24) is 5.32 Å². The number of hydrogen-bond donors (Lipinski definition) is 1. The lowest BCUT2D eigenvalue weighted by Gasteiger charge is -2.20. The van der Waals surface area contributed by atoms with Gasteiger partial charge in [-0.05, 0) is 66.2 Å². The molecule has 31 heavy (non-hydrogen) atoms. The zero-order chi connectivity index (χ0) is 22.4. The van der Waals surface area contributed by atoms with Crippen molar-refractivity contribution < 1.29 is 17.9 Å². The van der Waals surface area contributed by atoms with Crippen LogP contribution in [0.1, 0.15) is 5.56 Å². The van der Waals surface area contributed by atoms with Gasteiger partial charge in [0.25, 0.3) is 15.9 Å². The minimum atomic E-state index is -3.72. The van der Waals surface area contributed by atoms with Gasteiger partial charge in [0.15, 0.2) is 6.61 Å². The Morgan fingerprint density at radius 3 is 2.03 bits per heavy atom. The van der Waals surface area contributed by atoms with Crippen molar-refractivity contribution in [2.24, 2.45) is 0 Å². The summed E-state index contributed by atoms with van der Waals surface area (Å²) in [6, 6.07) is 19.6. The number of hydrogen-bond acceptors (Lipinski definition) is 4. The van der Waals surface area contributed by atoms with E-state index in [1.54, 1.807) is 36.4 Å². The molecule has 9 heteroatoms. The lowest BCUT2D eigenvalue weighted by atomic mass is 10.2. The van der Waals surface area contributed by atoms with Crippen molar-refractivity contribution >= 4 is 44.8 Å². The standard InChI is InChI=1S/C22H20Cl2N2O4S/c1-26(31(28,29)21-12-6-18(24)7-13-21)19-8-10-20(11-9-19)30-15-22(27)25-14-16-2-4-17(23)5-3-16/h2-13H,14-15H2,1H3,(H,25,27). The molecule has 0 aliphatic carbocycles. The smallest absolute Gasteiger partial charge is 0.264 e. The van der Waals surface area contributed by atoms with Gasteiger partial charge >= 0.3 is 0 Å². The number of anilines is 1. The third kappa shape index (κ3) is 6.13. The minimum Gasteiger partial charge on any atom is -0.484 e. The molecule has 3 aromatic rings. The molecule has 3 rings (SSSR count). The van der Waals surface area contributed by atoms with Gasteiger partial charge in [-0.25, -0.2) is 8.42 Å². The Balaban J connectivity index is 1.55. The Bertz CT molecular complexity index is 1130. The molecule has 0 aromatic heterocycles. The van der Waals surface area contributed by atoms with E-state index in [0.717, 1.165) is 5.56 Å². The number of amides is 1. The number of rotatable bonds is 8. The van der Waals surface area contributed by atoms with E-state index < -0.39 is 10.0 Å². The van der Waals surface area contributed by atoms with E-state index in [4.69, 9.17) is 27.9 Å². The second-order valence-corrected chi connectivity index (χ2v) is 9.45. The molecule has 0 bridgehead atoms. The zero-order valence-electron chi connectivity index (χ0n) is 16.6. The molecule has 3 aromatic carbocycles. The second-order valence-electron chi connectivity index (χ2n) is 6.61. The maximum atomic E-state index is 12.7. The summed E-state index contributed by atoms with van der Waals surface area (Å²) in [5.41, 5.74) is 1.38. The predicted octanol–water partition coefficient (Wildman–Crippen LogP) is 4.51. The van der Waals surface area contributed by atoms with Gasteiger partial charge in [0.05, 0.1) is 10.6 Å². The highest BCUT2D eigenvalue weighted by atomic mass is 35.5. The van der Waals surface area contributed by atoms with Crippen LogP contribution < -0.4 is 14.4 Å². The van der Waals surface area contributed by atoms with Gasteiger partial charge < -0.3 is 10.1 Å². The van der Waals surface area contributed by atoms with Crippen molar-refractivity contribution in [3.63, 3.8) is 0 Å². The first kappa shape index (κ1) is 22.9. The number of carbonyl (C=O) groups excluding carboxylic acids is 1. The molecule has 1 N–H and O–H groups in total. The normalized spacial score (nSPS) is 11.1. The Morgan fingerprint density at radius 2 is 1.45 bits per heavy atom. The minimum absolute atomic E-state index is 0.136. The monoisotopic (exact) mass is 478 g/mol. The van der Waals surface area contributed by atoms with Gasteiger partial charge in [0.2, 0.25) is 0 Å². The van der Waals surface area contributed by atoms with E-state index in [0.29, 0.717) is 28.0 Å². The van der Waals surface area contributed by atoms with E-state index in [1.165, 1.54) is 35.6 Å². The van der Waals surface area contributed by atoms with Gasteiger partial charge in [0.1, 0.15) is 5.75 Å². The van der Waals surface area contributed by atoms with Gasteiger partial charge in [-0.15, -0.1) is 0 Å². The lowest BCUT2D eigenvalue weighted by Crippen LogP contribution is -2.28. The summed E-state index contributed by atoms with van der Waals surface area (Å²) in [5.74, 6) is 0.171. The highest BCUT2D eigenvalue weighted by Crippen LogP contribution is 2.25. The van der Waals surface area contributed by atoms with Crippen LogP contribution in [0.15, 0.2) is 77.7 Å². The molecule has 0 radical (unpaired) electrons. The first-order valence-corrected chi connectivity index (χ1v) is 11.4. The van der Waals surface area contributed by atoms with E-state index in [2.05, 4.69) is 5.32 Å². The number of halogens is 2. The van der Waals surface area contributed by atoms with Crippen molar-refractivity contribution in [3.05, 3.63) is 88.4 Å². The van der Waals surface area contributed by atoms with E-state index in [-0.39, 0.29) is 17.4 Å². The number of benzene rings is 3. The van der Waals surface area contributed by atoms with Gasteiger partial charge in [-0.3, -0.25) is 9.10 Å². The number of sulfonamides is 1. The van der Waals surface area contributed by atoms with Crippen molar-refractivity contribution in [3.8, 4) is 5.75 Å². The van der Waals surface area contributed by atoms with Crippen LogP contribution in [-0.2, 0) is 21.4 Å². The van der Waals surface area contributed by atoms with E-state index in [9.17, 15) is 13.2 Å². The molecular formula is C22H20Cl2N2O4S. The van der Waals surface area contributed by atoms with Crippen molar-refractivity contribution in [1.29, 1.82) is 0 Å². The molecule has 0 aliphatic rings. The fourth-order valence-electron chi connectivity index (χ4n) is 2.66. The SMILES string of the molecule is CN(c1ccc(OCC(=O)NCc2ccc(Cl)cc2)cc1)S(=O)(=O)c1ccc(Cl)cc1. The van der Waals surface area contributed by atoms with Gasteiger partial charge in [-0.2, -0.15) is 0 Å². The predicted molar refractivity (Wildman–Crippen MR) is 122 cm³/mol. The van der Waals surface area contributed by atoms with Crippen molar-refractivity contribution in [2.45, 2.75) is 11.4 Å². The highest BCUT2D eigenvalue weighted by molar-refractivity contribution is 7.92. The summed E-state index contributed by atoms with van der Waals surface area (Å²) in [6.45, 7) is 0.206. The van der Waals surface area contributed by atoms with Crippen LogP contribution in [0.3, 0.4) is 0 Å². The van der Waals surface area contributed by atoms with E-state index in [1.807, 2.05) is 12.1 Å². The quantitative estimate of drug-likeness (QED) is 0.516. The topological polar surface area (TPSA) is 75.7 Å². The van der Waals surface area contributed by atoms with Crippen LogP contribution in [0.4, 0.5) is 5.69 Å². The average Bonchev–Trinajstić information content (AvgIpc) is 2.77. The molecule has 0 saturated carbocycles. The molecule has 1 amide bonds. The molecular weight excluding hydrogens is 459 g/mol. The third-order valence-corrected chi connectivity index (χ3v) is 6.75. The number of ether oxygens (including phenoxy) is 1. The Kier molecular flexibility index (Phi) is 7.43. The highest BCUT2D eigenvalue weighted by Gasteiger charge is 2.21. The molecule has 6 nitrogen and oxygen atoms in total. The Labute approximate surface area is 191 Å². The van der Waals surface area contributed by atoms with Crippen LogP contribution in [0.5, 0.6) is 5.75 Å². The first-order valence-electron chi connectivity index (χ1n) is 9.24. The summed E-state index contributed by atoms with van der Waals surface area (Å²) in [5, 5.41) is 3.85. The Hall–Kier alpha value is -2.74. The molecule has 162 valence electrons. The molecule has 0 atom stereocenters. The number of carbonyl (C=O) groups is 1.